The molecule has 0 radical (unpaired) electrons. The fourth-order valence-corrected chi connectivity index (χ4v) is 2.92. The van der Waals surface area contributed by atoms with Gasteiger partial charge in [0, 0.05) is 11.1 Å². The second-order valence-electron chi connectivity index (χ2n) is 6.12. The number of hydrogen-bond donors (Lipinski definition) is 0. The third-order valence-electron chi connectivity index (χ3n) is 4.26. The van der Waals surface area contributed by atoms with Crippen LogP contribution >= 0.6 is 0 Å². The molecule has 0 saturated heterocycles. The Kier molecular flexibility index (Phi) is 4.61. The topological polar surface area (TPSA) is 49.6 Å². The van der Waals surface area contributed by atoms with Crippen molar-refractivity contribution in [1.82, 2.24) is 9.97 Å². The molecule has 0 bridgehead atoms. The van der Waals surface area contributed by atoms with Gasteiger partial charge in [0.2, 0.25) is 0 Å². The van der Waals surface area contributed by atoms with E-state index in [0.29, 0.717) is 11.4 Å². The molecule has 0 N–H and O–H groups in total. The van der Waals surface area contributed by atoms with Crippen LogP contribution in [0.4, 0.5) is 8.78 Å². The Hall–Kier alpha value is -3.91. The van der Waals surface area contributed by atoms with Crippen LogP contribution < -0.4 is 0 Å². The summed E-state index contributed by atoms with van der Waals surface area (Å²) in [7, 11) is 0. The van der Waals surface area contributed by atoms with E-state index < -0.39 is 11.6 Å². The highest BCUT2D eigenvalue weighted by Crippen LogP contribution is 2.30. The molecule has 0 aliphatic rings. The van der Waals surface area contributed by atoms with Gasteiger partial charge in [-0.15, -0.1) is 0 Å². The molecule has 3 aromatic carbocycles. The molecule has 1 aromatic heterocycles. The van der Waals surface area contributed by atoms with E-state index in [-0.39, 0.29) is 17.0 Å². The summed E-state index contributed by atoms with van der Waals surface area (Å²) in [5, 5.41) is 8.92. The minimum atomic E-state index is -0.874. The van der Waals surface area contributed by atoms with E-state index in [1.165, 1.54) is 0 Å². The third kappa shape index (κ3) is 3.36. The van der Waals surface area contributed by atoms with Gasteiger partial charge in [-0.3, -0.25) is 0 Å². The van der Waals surface area contributed by atoms with Crippen LogP contribution in [0.1, 0.15) is 5.56 Å². The molecule has 0 amide bonds. The van der Waals surface area contributed by atoms with Gasteiger partial charge in [-0.1, -0.05) is 60.7 Å². The Morgan fingerprint density at radius 1 is 0.679 bits per heavy atom. The number of nitrogens with zero attached hydrogens (tertiary/aromatic N) is 3. The summed E-state index contributed by atoms with van der Waals surface area (Å²) >= 11 is 0. The second-order valence-corrected chi connectivity index (χ2v) is 6.12. The van der Waals surface area contributed by atoms with Crippen LogP contribution in [0.5, 0.6) is 0 Å². The lowest BCUT2D eigenvalue weighted by Crippen LogP contribution is -2.00. The number of rotatable bonds is 3. The zero-order valence-electron chi connectivity index (χ0n) is 14.6. The van der Waals surface area contributed by atoms with E-state index in [1.54, 1.807) is 12.1 Å². The van der Waals surface area contributed by atoms with Crippen molar-refractivity contribution >= 4 is 0 Å². The van der Waals surface area contributed by atoms with Gasteiger partial charge in [0.1, 0.15) is 11.6 Å². The first-order valence-electron chi connectivity index (χ1n) is 8.55. The second kappa shape index (κ2) is 7.37. The lowest BCUT2D eigenvalue weighted by atomic mass is 10.1. The molecule has 0 spiro atoms. The summed E-state index contributed by atoms with van der Waals surface area (Å²) in [4.78, 5) is 8.81. The minimum Gasteiger partial charge on any atom is -0.228 e. The summed E-state index contributed by atoms with van der Waals surface area (Å²) < 4.78 is 29.2. The van der Waals surface area contributed by atoms with Crippen molar-refractivity contribution in [2.24, 2.45) is 0 Å². The molecule has 5 heteroatoms. The van der Waals surface area contributed by atoms with Crippen molar-refractivity contribution in [1.29, 1.82) is 5.26 Å². The first kappa shape index (κ1) is 17.5. The van der Waals surface area contributed by atoms with Crippen LogP contribution in [0.15, 0.2) is 78.9 Å². The highest BCUT2D eigenvalue weighted by atomic mass is 19.1. The summed E-state index contributed by atoms with van der Waals surface area (Å²) in [5.74, 6) is -1.82. The van der Waals surface area contributed by atoms with Gasteiger partial charge in [0.15, 0.2) is 5.82 Å². The predicted octanol–water partition coefficient (Wildman–Crippen LogP) is 5.63. The molecule has 4 aromatic rings. The van der Waals surface area contributed by atoms with Crippen molar-refractivity contribution < 1.29 is 8.78 Å². The van der Waals surface area contributed by atoms with Gasteiger partial charge >= 0.3 is 0 Å². The molecule has 4 rings (SSSR count). The lowest BCUT2D eigenvalue weighted by molar-refractivity contribution is 0.587. The van der Waals surface area contributed by atoms with Gasteiger partial charge < -0.3 is 0 Å². The van der Waals surface area contributed by atoms with E-state index in [0.717, 1.165) is 23.3 Å². The molecular weight excluding hydrogens is 356 g/mol. The first-order valence-corrected chi connectivity index (χ1v) is 8.55. The van der Waals surface area contributed by atoms with Crippen molar-refractivity contribution in [2.45, 2.75) is 0 Å². The molecule has 0 aliphatic carbocycles. The number of hydrogen-bond acceptors (Lipinski definition) is 3. The van der Waals surface area contributed by atoms with Crippen LogP contribution in [-0.4, -0.2) is 9.97 Å². The maximum atomic E-state index is 14.6. The largest absolute Gasteiger partial charge is 0.228 e. The van der Waals surface area contributed by atoms with Gasteiger partial charge in [0.05, 0.1) is 28.6 Å². The van der Waals surface area contributed by atoms with E-state index in [1.807, 2.05) is 60.7 Å². The van der Waals surface area contributed by atoms with Gasteiger partial charge in [-0.05, 0) is 18.2 Å². The minimum absolute atomic E-state index is 0.0697. The molecule has 1 heterocycles. The van der Waals surface area contributed by atoms with Gasteiger partial charge in [-0.2, -0.15) is 5.26 Å². The number of aromatic nitrogens is 2. The quantitative estimate of drug-likeness (QED) is 0.470. The highest BCUT2D eigenvalue weighted by Gasteiger charge is 2.18. The smallest absolute Gasteiger partial charge is 0.166 e. The van der Waals surface area contributed by atoms with E-state index in [4.69, 9.17) is 5.26 Å². The van der Waals surface area contributed by atoms with Crippen LogP contribution in [0.3, 0.4) is 0 Å². The molecule has 0 unspecified atom stereocenters. The molecule has 3 nitrogen and oxygen atoms in total. The summed E-state index contributed by atoms with van der Waals surface area (Å²) in [6.07, 6.45) is 0. The predicted molar refractivity (Wildman–Crippen MR) is 103 cm³/mol. The summed E-state index contributed by atoms with van der Waals surface area (Å²) in [6, 6.07) is 24.2. The Morgan fingerprint density at radius 3 is 1.57 bits per heavy atom. The monoisotopic (exact) mass is 369 g/mol. The summed E-state index contributed by atoms with van der Waals surface area (Å²) in [6.45, 7) is 0. The van der Waals surface area contributed by atoms with Crippen molar-refractivity contribution in [2.75, 3.05) is 0 Å². The van der Waals surface area contributed by atoms with Crippen LogP contribution in [-0.2, 0) is 0 Å². The molecule has 0 saturated carbocycles. The first-order chi connectivity index (χ1) is 13.7. The maximum Gasteiger partial charge on any atom is 0.166 e. The van der Waals surface area contributed by atoms with Crippen molar-refractivity contribution in [3.8, 4) is 40.0 Å². The van der Waals surface area contributed by atoms with E-state index in [2.05, 4.69) is 9.97 Å². The number of nitriles is 1. The number of benzene rings is 3. The van der Waals surface area contributed by atoms with Crippen LogP contribution in [0, 0.1) is 23.0 Å². The normalized spacial score (nSPS) is 10.5. The zero-order chi connectivity index (χ0) is 19.5. The molecule has 134 valence electrons. The molecule has 0 fully saturated rings. The van der Waals surface area contributed by atoms with Crippen LogP contribution in [0.2, 0.25) is 0 Å². The number of halogens is 2. The molecular formula is C23H13F2N3. The average molecular weight is 369 g/mol. The van der Waals surface area contributed by atoms with Crippen molar-refractivity contribution in [3.63, 3.8) is 0 Å². The van der Waals surface area contributed by atoms with Gasteiger partial charge in [0.25, 0.3) is 0 Å². The Bertz CT molecular complexity index is 1100. The standard InChI is InChI=1S/C23H13F2N3/c24-18-11-15(14-26)12-19(25)22(18)23-27-20(16-7-3-1-4-8-16)13-21(28-23)17-9-5-2-6-10-17/h1-13H. The third-order valence-corrected chi connectivity index (χ3v) is 4.26. The highest BCUT2D eigenvalue weighted by molar-refractivity contribution is 5.72. The Balaban J connectivity index is 1.97. The van der Waals surface area contributed by atoms with Gasteiger partial charge in [-0.25, -0.2) is 18.7 Å². The van der Waals surface area contributed by atoms with Crippen LogP contribution in [0.25, 0.3) is 33.9 Å². The fourth-order valence-electron chi connectivity index (χ4n) is 2.92. The fraction of sp³-hybridized carbons (Fsp3) is 0. The SMILES string of the molecule is N#Cc1cc(F)c(-c2nc(-c3ccccc3)cc(-c3ccccc3)n2)c(F)c1. The van der Waals surface area contributed by atoms with E-state index >= 15 is 0 Å². The Morgan fingerprint density at radius 2 is 1.14 bits per heavy atom. The zero-order valence-corrected chi connectivity index (χ0v) is 14.6. The molecule has 28 heavy (non-hydrogen) atoms. The Labute approximate surface area is 160 Å². The maximum absolute atomic E-state index is 14.6. The lowest BCUT2D eigenvalue weighted by Gasteiger charge is -2.10. The van der Waals surface area contributed by atoms with Crippen molar-refractivity contribution in [3.05, 3.63) is 96.1 Å². The molecule has 0 atom stereocenters. The average Bonchev–Trinajstić information content (AvgIpc) is 2.74. The molecule has 0 aliphatic heterocycles. The van der Waals surface area contributed by atoms with E-state index in [9.17, 15) is 8.78 Å². The summed E-state index contributed by atoms with van der Waals surface area (Å²) in [5.41, 5.74) is 2.26.